The molecule has 0 aliphatic carbocycles. The Kier molecular flexibility index (Phi) is 4.39. The molecule has 17 heavy (non-hydrogen) atoms. The van der Waals surface area contributed by atoms with E-state index in [1.165, 1.54) is 5.56 Å². The number of rotatable bonds is 2. The van der Waals surface area contributed by atoms with Crippen LogP contribution in [0.1, 0.15) is 31.9 Å². The van der Waals surface area contributed by atoms with Crippen molar-refractivity contribution in [2.75, 3.05) is 14.1 Å². The number of likely N-dealkylation sites (N-methyl/N-ethyl adjacent to an activating group) is 1. The first-order valence-corrected chi connectivity index (χ1v) is 6.41. The van der Waals surface area contributed by atoms with Gasteiger partial charge < -0.3 is 4.90 Å². The molecule has 0 heterocycles. The summed E-state index contributed by atoms with van der Waals surface area (Å²) in [4.78, 5) is 3.32. The van der Waals surface area contributed by atoms with Crippen LogP contribution in [0.3, 0.4) is 0 Å². The number of benzene rings is 1. The van der Waals surface area contributed by atoms with Crippen molar-refractivity contribution in [1.29, 1.82) is 0 Å². The average Bonchev–Trinajstić information content (AvgIpc) is 2.26. The summed E-state index contributed by atoms with van der Waals surface area (Å²) in [5.41, 5.74) is 2.49. The second-order valence-corrected chi connectivity index (χ2v) is 6.15. The highest BCUT2D eigenvalue weighted by Crippen LogP contribution is 2.22. The van der Waals surface area contributed by atoms with Crippen LogP contribution in [0.4, 0.5) is 0 Å². The minimum Gasteiger partial charge on any atom is -0.368 e. The Bertz CT molecular complexity index is 425. The molecule has 92 valence electrons. The lowest BCUT2D eigenvalue weighted by Crippen LogP contribution is -2.27. The predicted octanol–water partition coefficient (Wildman–Crippen LogP) is 3.59. The van der Waals surface area contributed by atoms with Crippen LogP contribution in [0.15, 0.2) is 24.3 Å². The van der Waals surface area contributed by atoms with Gasteiger partial charge in [-0.1, -0.05) is 69.5 Å². The van der Waals surface area contributed by atoms with Crippen LogP contribution in [0.2, 0.25) is 0 Å². The van der Waals surface area contributed by atoms with E-state index in [1.807, 2.05) is 19.0 Å². The lowest BCUT2D eigenvalue weighted by Gasteiger charge is -2.20. The second kappa shape index (κ2) is 5.23. The van der Waals surface area contributed by atoms with E-state index in [2.05, 4.69) is 45.0 Å². The van der Waals surface area contributed by atoms with Crippen LogP contribution < -0.4 is 0 Å². The van der Waals surface area contributed by atoms with Crippen LogP contribution >= 0.6 is 24.4 Å². The molecule has 0 radical (unpaired) electrons. The smallest absolute Gasteiger partial charge is 0.120 e. The van der Waals surface area contributed by atoms with Crippen LogP contribution in [0.5, 0.6) is 0 Å². The molecule has 0 fully saturated rings. The second-order valence-electron chi connectivity index (χ2n) is 5.36. The van der Waals surface area contributed by atoms with E-state index < -0.39 is 0 Å². The van der Waals surface area contributed by atoms with Crippen molar-refractivity contribution in [2.24, 2.45) is 0 Å². The molecule has 0 amide bonds. The molecular weight excluding hydrogens is 246 g/mol. The molecule has 0 unspecified atom stereocenters. The van der Waals surface area contributed by atoms with E-state index >= 15 is 0 Å². The lowest BCUT2D eigenvalue weighted by molar-refractivity contribution is 0.590. The third-order valence-corrected chi connectivity index (χ3v) is 3.74. The summed E-state index contributed by atoms with van der Waals surface area (Å²) in [5.74, 6) is 0. The van der Waals surface area contributed by atoms with Crippen molar-refractivity contribution in [3.05, 3.63) is 35.4 Å². The Morgan fingerprint density at radius 3 is 1.82 bits per heavy atom. The van der Waals surface area contributed by atoms with Crippen LogP contribution in [-0.4, -0.2) is 28.8 Å². The zero-order chi connectivity index (χ0) is 13.2. The predicted molar refractivity (Wildman–Crippen MR) is 83.1 cm³/mol. The van der Waals surface area contributed by atoms with Crippen molar-refractivity contribution < 1.29 is 0 Å². The monoisotopic (exact) mass is 265 g/mol. The SMILES string of the molecule is CN(C)C(=S)C(=S)c1ccc(C(C)(C)C)cc1. The van der Waals surface area contributed by atoms with Crippen molar-refractivity contribution in [1.82, 2.24) is 4.90 Å². The first kappa shape index (κ1) is 14.3. The molecule has 1 aromatic rings. The van der Waals surface area contributed by atoms with Gasteiger partial charge >= 0.3 is 0 Å². The molecule has 0 saturated heterocycles. The van der Waals surface area contributed by atoms with Gasteiger partial charge in [0.25, 0.3) is 0 Å². The molecule has 0 aliphatic heterocycles. The zero-order valence-corrected chi connectivity index (χ0v) is 12.7. The fourth-order valence-electron chi connectivity index (χ4n) is 1.45. The highest BCUT2D eigenvalue weighted by Gasteiger charge is 2.14. The van der Waals surface area contributed by atoms with Gasteiger partial charge in [0.2, 0.25) is 0 Å². The first-order valence-electron chi connectivity index (χ1n) is 5.60. The molecule has 1 nitrogen and oxygen atoms in total. The molecular formula is C14H19NS2. The number of thiocarbonyl (C=S) groups is 2. The van der Waals surface area contributed by atoms with Gasteiger partial charge in [-0.15, -0.1) is 0 Å². The molecule has 0 aromatic heterocycles. The minimum absolute atomic E-state index is 0.169. The van der Waals surface area contributed by atoms with Crippen molar-refractivity contribution in [2.45, 2.75) is 26.2 Å². The van der Waals surface area contributed by atoms with Gasteiger partial charge in [0.1, 0.15) is 4.99 Å². The summed E-state index contributed by atoms with van der Waals surface area (Å²) >= 11 is 10.6. The van der Waals surface area contributed by atoms with E-state index in [-0.39, 0.29) is 5.41 Å². The first-order chi connectivity index (χ1) is 7.73. The topological polar surface area (TPSA) is 3.24 Å². The van der Waals surface area contributed by atoms with Gasteiger partial charge in [0.15, 0.2) is 0 Å². The van der Waals surface area contributed by atoms with Crippen LogP contribution in [0.25, 0.3) is 0 Å². The highest BCUT2D eigenvalue weighted by molar-refractivity contribution is 7.89. The summed E-state index contributed by atoms with van der Waals surface area (Å²) in [6.45, 7) is 6.60. The van der Waals surface area contributed by atoms with E-state index in [0.29, 0.717) is 4.99 Å². The van der Waals surface area contributed by atoms with E-state index in [1.54, 1.807) is 0 Å². The van der Waals surface area contributed by atoms with Gasteiger partial charge in [-0.3, -0.25) is 0 Å². The molecule has 0 N–H and O–H groups in total. The minimum atomic E-state index is 0.169. The largest absolute Gasteiger partial charge is 0.368 e. The maximum atomic E-state index is 5.37. The highest BCUT2D eigenvalue weighted by atomic mass is 32.1. The zero-order valence-electron chi connectivity index (χ0n) is 11.1. The lowest BCUT2D eigenvalue weighted by atomic mass is 9.86. The Morgan fingerprint density at radius 2 is 1.47 bits per heavy atom. The van der Waals surface area contributed by atoms with E-state index in [9.17, 15) is 0 Å². The van der Waals surface area contributed by atoms with Crippen LogP contribution in [0, 0.1) is 0 Å². The third-order valence-electron chi connectivity index (χ3n) is 2.61. The summed E-state index contributed by atoms with van der Waals surface area (Å²) in [5, 5.41) is 0. The fraction of sp³-hybridized carbons (Fsp3) is 0.429. The van der Waals surface area contributed by atoms with Gasteiger partial charge in [-0.2, -0.15) is 0 Å². The summed E-state index contributed by atoms with van der Waals surface area (Å²) < 4.78 is 0. The quantitative estimate of drug-likeness (QED) is 0.594. The molecule has 0 spiro atoms. The summed E-state index contributed by atoms with van der Waals surface area (Å²) in [6, 6.07) is 8.36. The molecule has 0 saturated carbocycles. The maximum absolute atomic E-state index is 5.37. The molecule has 0 bridgehead atoms. The third kappa shape index (κ3) is 3.58. The molecule has 1 rings (SSSR count). The number of nitrogens with zero attached hydrogens (tertiary/aromatic N) is 1. The molecule has 0 atom stereocenters. The molecule has 1 aromatic carbocycles. The summed E-state index contributed by atoms with van der Waals surface area (Å²) in [6.07, 6.45) is 0. The number of hydrogen-bond acceptors (Lipinski definition) is 2. The van der Waals surface area contributed by atoms with Crippen LogP contribution in [-0.2, 0) is 5.41 Å². The van der Waals surface area contributed by atoms with Crippen molar-refractivity contribution >= 4 is 34.3 Å². The molecule has 3 heteroatoms. The Hall–Kier alpha value is -0.800. The van der Waals surface area contributed by atoms with Gasteiger partial charge in [-0.25, -0.2) is 0 Å². The number of hydrogen-bond donors (Lipinski definition) is 0. The Morgan fingerprint density at radius 1 is 1.00 bits per heavy atom. The van der Waals surface area contributed by atoms with E-state index in [4.69, 9.17) is 24.4 Å². The van der Waals surface area contributed by atoms with Gasteiger partial charge in [0.05, 0.1) is 4.86 Å². The normalized spacial score (nSPS) is 11.1. The molecule has 0 aliphatic rings. The van der Waals surface area contributed by atoms with Crippen molar-refractivity contribution in [3.63, 3.8) is 0 Å². The Labute approximate surface area is 115 Å². The maximum Gasteiger partial charge on any atom is 0.120 e. The van der Waals surface area contributed by atoms with Gasteiger partial charge in [0, 0.05) is 14.1 Å². The average molecular weight is 265 g/mol. The standard InChI is InChI=1S/C14H19NS2/c1-14(2,3)11-8-6-10(7-9-11)12(16)13(17)15(4)5/h6-9H,1-5H3. The van der Waals surface area contributed by atoms with Gasteiger partial charge in [-0.05, 0) is 16.5 Å². The Balaban J connectivity index is 2.96. The van der Waals surface area contributed by atoms with Crippen molar-refractivity contribution in [3.8, 4) is 0 Å². The van der Waals surface area contributed by atoms with E-state index in [0.717, 1.165) is 10.4 Å². The fourth-order valence-corrected chi connectivity index (χ4v) is 1.88. The summed E-state index contributed by atoms with van der Waals surface area (Å²) in [7, 11) is 3.83.